The minimum absolute atomic E-state index is 0. The van der Waals surface area contributed by atoms with Gasteiger partial charge in [0.2, 0.25) is 0 Å². The highest BCUT2D eigenvalue weighted by Crippen LogP contribution is 2.21. The number of aryl methyl sites for hydroxylation is 3. The van der Waals surface area contributed by atoms with Crippen molar-refractivity contribution < 1.29 is 14.6 Å². The molecule has 1 atom stereocenters. The van der Waals surface area contributed by atoms with Crippen LogP contribution in [0.3, 0.4) is 0 Å². The number of carbonyl (C=O) groups excluding carboxylic acids is 1. The van der Waals surface area contributed by atoms with E-state index in [1.807, 2.05) is 6.07 Å². The van der Waals surface area contributed by atoms with E-state index in [0.717, 1.165) is 18.4 Å². The lowest BCUT2D eigenvalue weighted by Gasteiger charge is -2.21. The number of nitrogens with two attached hydrogens (primary N) is 1. The molecule has 0 aromatic heterocycles. The quantitative estimate of drug-likeness (QED) is 0.520. The second-order valence-corrected chi connectivity index (χ2v) is 8.21. The molecule has 0 heterocycles. The van der Waals surface area contributed by atoms with Gasteiger partial charge in [-0.2, -0.15) is 0 Å². The van der Waals surface area contributed by atoms with Crippen LogP contribution in [0.15, 0.2) is 36.4 Å². The zero-order chi connectivity index (χ0) is 20.7. The van der Waals surface area contributed by atoms with Crippen LogP contribution in [0.5, 0.6) is 0 Å². The third kappa shape index (κ3) is 8.07. The van der Waals surface area contributed by atoms with Crippen molar-refractivity contribution in [2.24, 2.45) is 5.73 Å². The minimum Gasteiger partial charge on any atom is -0.394 e. The van der Waals surface area contributed by atoms with Crippen LogP contribution in [0, 0.1) is 13.8 Å². The van der Waals surface area contributed by atoms with E-state index in [2.05, 4.69) is 32.0 Å². The zero-order valence-electron chi connectivity index (χ0n) is 17.3. The lowest BCUT2D eigenvalue weighted by Crippen LogP contribution is -2.44. The van der Waals surface area contributed by atoms with Gasteiger partial charge in [-0.15, -0.1) is 12.4 Å². The summed E-state index contributed by atoms with van der Waals surface area (Å²) in [4.78, 5) is 12.5. The Balaban J connectivity index is 0.00000420. The van der Waals surface area contributed by atoms with Gasteiger partial charge in [0.1, 0.15) is 0 Å². The Labute approximate surface area is 184 Å². The molecule has 3 N–H and O–H groups in total. The first-order valence-corrected chi connectivity index (χ1v) is 9.95. The lowest BCUT2D eigenvalue weighted by molar-refractivity contribution is 0.0535. The summed E-state index contributed by atoms with van der Waals surface area (Å²) in [7, 11) is 0. The fraction of sp³-hybridized carbons (Fsp3) is 0.435. The summed E-state index contributed by atoms with van der Waals surface area (Å²) in [5.74, 6) is 0.0908. The molecule has 0 radical (unpaired) electrons. The van der Waals surface area contributed by atoms with Gasteiger partial charge in [0.25, 0.3) is 0 Å². The van der Waals surface area contributed by atoms with Crippen molar-refractivity contribution in [3.63, 3.8) is 0 Å². The van der Waals surface area contributed by atoms with Crippen LogP contribution in [0.2, 0.25) is 5.02 Å². The third-order valence-electron chi connectivity index (χ3n) is 4.87. The smallest absolute Gasteiger partial charge is 0.162 e. The zero-order valence-corrected chi connectivity index (χ0v) is 18.9. The van der Waals surface area contributed by atoms with Crippen molar-refractivity contribution in [1.82, 2.24) is 0 Å². The van der Waals surface area contributed by atoms with E-state index < -0.39 is 5.54 Å². The van der Waals surface area contributed by atoms with Crippen LogP contribution in [-0.4, -0.2) is 29.6 Å². The standard InChI is InChI=1S/C23H30ClNO3.ClH/c1-16-7-8-18(11-17(16)2)5-4-6-22(27)19-9-10-20(21(24)12-19)13-28-15-23(3,25)14-26;/h7-12,26H,4-6,13-15,25H2,1-3H3;1H/t23-;/m0./s1. The summed E-state index contributed by atoms with van der Waals surface area (Å²) in [5.41, 5.74) is 10.3. The predicted octanol–water partition coefficient (Wildman–Crippen LogP) is 4.81. The van der Waals surface area contributed by atoms with Crippen molar-refractivity contribution in [2.45, 2.75) is 52.2 Å². The summed E-state index contributed by atoms with van der Waals surface area (Å²) in [5, 5.41) is 9.65. The molecule has 0 bridgehead atoms. The van der Waals surface area contributed by atoms with Crippen molar-refractivity contribution >= 4 is 29.8 Å². The lowest BCUT2D eigenvalue weighted by atomic mass is 9.99. The Hall–Kier alpha value is -1.43. The van der Waals surface area contributed by atoms with E-state index in [4.69, 9.17) is 27.2 Å². The summed E-state index contributed by atoms with van der Waals surface area (Å²) < 4.78 is 5.53. The number of halogens is 2. The molecule has 0 aliphatic carbocycles. The van der Waals surface area contributed by atoms with Crippen LogP contribution < -0.4 is 5.73 Å². The number of aliphatic hydroxyl groups excluding tert-OH is 1. The number of benzene rings is 2. The molecule has 4 nitrogen and oxygen atoms in total. The average molecular weight is 440 g/mol. The first kappa shape index (κ1) is 25.6. The second-order valence-electron chi connectivity index (χ2n) is 7.81. The van der Waals surface area contributed by atoms with Gasteiger partial charge < -0.3 is 15.6 Å². The van der Waals surface area contributed by atoms with Crippen molar-refractivity contribution in [3.05, 3.63) is 69.2 Å². The molecule has 2 aromatic rings. The van der Waals surface area contributed by atoms with Crippen LogP contribution >= 0.6 is 24.0 Å². The van der Waals surface area contributed by atoms with Crippen LogP contribution in [0.1, 0.15) is 52.4 Å². The number of ketones is 1. The Morgan fingerprint density at radius 2 is 1.90 bits per heavy atom. The Morgan fingerprint density at radius 1 is 1.17 bits per heavy atom. The fourth-order valence-corrected chi connectivity index (χ4v) is 3.07. The highest BCUT2D eigenvalue weighted by atomic mass is 35.5. The largest absolute Gasteiger partial charge is 0.394 e. The Kier molecular flexibility index (Phi) is 10.3. The first-order chi connectivity index (χ1) is 13.2. The van der Waals surface area contributed by atoms with Crippen LogP contribution in [0.25, 0.3) is 0 Å². The molecule has 160 valence electrons. The number of Topliss-reactive ketones (excluding diaryl/α,β-unsaturated/α-hetero) is 1. The van der Waals surface area contributed by atoms with Gasteiger partial charge in [-0.1, -0.05) is 41.9 Å². The van der Waals surface area contributed by atoms with Crippen molar-refractivity contribution in [2.75, 3.05) is 13.2 Å². The van der Waals surface area contributed by atoms with Gasteiger partial charge in [-0.3, -0.25) is 4.79 Å². The number of rotatable bonds is 10. The molecule has 0 fully saturated rings. The first-order valence-electron chi connectivity index (χ1n) is 9.57. The molecule has 0 aliphatic heterocycles. The van der Waals surface area contributed by atoms with Crippen LogP contribution in [0.4, 0.5) is 0 Å². The maximum atomic E-state index is 12.5. The van der Waals surface area contributed by atoms with Gasteiger partial charge >= 0.3 is 0 Å². The van der Waals surface area contributed by atoms with Gasteiger partial charge in [0.05, 0.1) is 25.4 Å². The fourth-order valence-electron chi connectivity index (χ4n) is 2.83. The van der Waals surface area contributed by atoms with E-state index in [-0.39, 0.29) is 38.0 Å². The second kappa shape index (κ2) is 11.7. The van der Waals surface area contributed by atoms with Crippen molar-refractivity contribution in [3.8, 4) is 0 Å². The molecule has 2 aromatic carbocycles. The summed E-state index contributed by atoms with van der Waals surface area (Å²) in [6.07, 6.45) is 2.18. The predicted molar refractivity (Wildman–Crippen MR) is 121 cm³/mol. The average Bonchev–Trinajstić information content (AvgIpc) is 2.65. The molecule has 29 heavy (non-hydrogen) atoms. The topological polar surface area (TPSA) is 72.5 Å². The normalized spacial score (nSPS) is 12.9. The number of ether oxygens (including phenoxy) is 1. The SMILES string of the molecule is Cc1ccc(CCCC(=O)c2ccc(COC[C@@](C)(N)CO)c(Cl)c2)cc1C.Cl. The number of hydrogen-bond donors (Lipinski definition) is 2. The van der Waals surface area contributed by atoms with Gasteiger partial charge in [-0.05, 0) is 61.9 Å². The molecular weight excluding hydrogens is 409 g/mol. The van der Waals surface area contributed by atoms with E-state index in [1.54, 1.807) is 19.1 Å². The molecule has 0 saturated heterocycles. The van der Waals surface area contributed by atoms with Gasteiger partial charge in [0.15, 0.2) is 5.78 Å². The highest BCUT2D eigenvalue weighted by Gasteiger charge is 2.17. The Bertz CT molecular complexity index is 822. The highest BCUT2D eigenvalue weighted by molar-refractivity contribution is 6.31. The summed E-state index contributed by atoms with van der Waals surface area (Å²) >= 11 is 6.31. The molecule has 2 rings (SSSR count). The van der Waals surface area contributed by atoms with Crippen LogP contribution in [-0.2, 0) is 17.8 Å². The Morgan fingerprint density at radius 3 is 2.52 bits per heavy atom. The monoisotopic (exact) mass is 439 g/mol. The number of hydrogen-bond acceptors (Lipinski definition) is 4. The van der Waals surface area contributed by atoms with E-state index in [1.165, 1.54) is 16.7 Å². The maximum absolute atomic E-state index is 12.5. The third-order valence-corrected chi connectivity index (χ3v) is 5.22. The maximum Gasteiger partial charge on any atom is 0.162 e. The van der Waals surface area contributed by atoms with E-state index in [0.29, 0.717) is 17.0 Å². The van der Waals surface area contributed by atoms with E-state index >= 15 is 0 Å². The molecule has 0 unspecified atom stereocenters. The summed E-state index contributed by atoms with van der Waals surface area (Å²) in [6, 6.07) is 11.7. The van der Waals surface area contributed by atoms with Gasteiger partial charge in [0, 0.05) is 17.0 Å². The molecule has 0 spiro atoms. The van der Waals surface area contributed by atoms with E-state index in [9.17, 15) is 4.79 Å². The van der Waals surface area contributed by atoms with Crippen molar-refractivity contribution in [1.29, 1.82) is 0 Å². The molecule has 0 amide bonds. The molecule has 0 aliphatic rings. The molecular formula is C23H31Cl2NO3. The molecule has 0 saturated carbocycles. The number of carbonyl (C=O) groups is 1. The van der Waals surface area contributed by atoms with Gasteiger partial charge in [-0.25, -0.2) is 0 Å². The minimum atomic E-state index is -0.779. The summed E-state index contributed by atoms with van der Waals surface area (Å²) in [6.45, 7) is 6.27. The molecule has 6 heteroatoms. The number of aliphatic hydroxyl groups is 1.